The van der Waals surface area contributed by atoms with Crippen molar-refractivity contribution in [3.63, 3.8) is 0 Å². The molecule has 82 valence electrons. The quantitative estimate of drug-likeness (QED) is 0.436. The molecule has 0 spiro atoms. The van der Waals surface area contributed by atoms with Crippen LogP contribution in [-0.2, 0) is 9.59 Å². The van der Waals surface area contributed by atoms with Crippen molar-refractivity contribution in [3.05, 3.63) is 0 Å². The molecule has 0 aliphatic carbocycles. The normalized spacial score (nSPS) is 10.0. The van der Waals surface area contributed by atoms with Crippen LogP contribution in [0.1, 0.15) is 57.8 Å². The molecule has 0 bridgehead atoms. The molecule has 0 aromatic carbocycles. The van der Waals surface area contributed by atoms with Crippen LogP contribution in [0, 0.1) is 0 Å². The van der Waals surface area contributed by atoms with Crippen molar-refractivity contribution < 1.29 is 14.7 Å². The topological polar surface area (TPSA) is 54.4 Å². The molecule has 3 heteroatoms. The first-order chi connectivity index (χ1) is 6.77. The van der Waals surface area contributed by atoms with Gasteiger partial charge in [0.1, 0.15) is 6.29 Å². The summed E-state index contributed by atoms with van der Waals surface area (Å²) >= 11 is 0. The highest BCUT2D eigenvalue weighted by Crippen LogP contribution is 2.08. The second-order valence-electron chi connectivity index (χ2n) is 3.57. The lowest BCUT2D eigenvalue weighted by Crippen LogP contribution is -1.93. The molecule has 0 unspecified atom stereocenters. The Morgan fingerprint density at radius 3 is 1.93 bits per heavy atom. The maximum atomic E-state index is 10.2. The summed E-state index contributed by atoms with van der Waals surface area (Å²) < 4.78 is 0. The Labute approximate surface area is 85.5 Å². The van der Waals surface area contributed by atoms with E-state index in [1.807, 2.05) is 0 Å². The van der Waals surface area contributed by atoms with Gasteiger partial charge in [-0.1, -0.05) is 32.1 Å². The molecule has 0 saturated heterocycles. The van der Waals surface area contributed by atoms with Gasteiger partial charge in [-0.15, -0.1) is 0 Å². The van der Waals surface area contributed by atoms with E-state index >= 15 is 0 Å². The third-order valence-electron chi connectivity index (χ3n) is 2.21. The minimum Gasteiger partial charge on any atom is -0.481 e. The first-order valence-corrected chi connectivity index (χ1v) is 5.43. The van der Waals surface area contributed by atoms with E-state index in [1.54, 1.807) is 0 Å². The van der Waals surface area contributed by atoms with Crippen LogP contribution in [0.2, 0.25) is 0 Å². The van der Waals surface area contributed by atoms with Crippen LogP contribution in [-0.4, -0.2) is 17.4 Å². The first-order valence-electron chi connectivity index (χ1n) is 5.43. The van der Waals surface area contributed by atoms with E-state index in [2.05, 4.69) is 0 Å². The largest absolute Gasteiger partial charge is 0.481 e. The standard InChI is InChI=1S/C11H20O3/c12-10-8-6-4-2-1-3-5-7-9-11(13)14/h10H,1-9H2,(H,13,14). The number of rotatable bonds is 10. The molecule has 0 aromatic heterocycles. The lowest BCUT2D eigenvalue weighted by molar-refractivity contribution is -0.137. The number of hydrogen-bond donors (Lipinski definition) is 1. The molecule has 1 N–H and O–H groups in total. The SMILES string of the molecule is O=CCCCCCCCCCC(=O)O. The number of carbonyl (C=O) groups excluding carboxylic acids is 1. The highest BCUT2D eigenvalue weighted by molar-refractivity contribution is 5.66. The molecule has 0 atom stereocenters. The fourth-order valence-corrected chi connectivity index (χ4v) is 1.39. The van der Waals surface area contributed by atoms with Gasteiger partial charge in [0.15, 0.2) is 0 Å². The molecule has 0 rings (SSSR count). The molecule has 0 aliphatic heterocycles. The van der Waals surface area contributed by atoms with Gasteiger partial charge in [0.2, 0.25) is 0 Å². The molecule has 0 aromatic rings. The number of carbonyl (C=O) groups is 2. The van der Waals surface area contributed by atoms with Gasteiger partial charge < -0.3 is 9.90 Å². The highest BCUT2D eigenvalue weighted by atomic mass is 16.4. The molecule has 0 heterocycles. The minimum absolute atomic E-state index is 0.297. The fraction of sp³-hybridized carbons (Fsp3) is 0.818. The molecule has 14 heavy (non-hydrogen) atoms. The van der Waals surface area contributed by atoms with Crippen molar-refractivity contribution >= 4 is 12.3 Å². The maximum absolute atomic E-state index is 10.2. The number of hydrogen-bond acceptors (Lipinski definition) is 2. The van der Waals surface area contributed by atoms with Gasteiger partial charge in [-0.2, -0.15) is 0 Å². The van der Waals surface area contributed by atoms with Crippen molar-refractivity contribution in [2.75, 3.05) is 0 Å². The van der Waals surface area contributed by atoms with Crippen LogP contribution in [0.15, 0.2) is 0 Å². The Morgan fingerprint density at radius 1 is 0.929 bits per heavy atom. The highest BCUT2D eigenvalue weighted by Gasteiger charge is 1.96. The van der Waals surface area contributed by atoms with Gasteiger partial charge in [0.05, 0.1) is 0 Å². The zero-order chi connectivity index (χ0) is 10.6. The third kappa shape index (κ3) is 11.1. The van der Waals surface area contributed by atoms with Crippen LogP contribution in [0.4, 0.5) is 0 Å². The average molecular weight is 200 g/mol. The van der Waals surface area contributed by atoms with Gasteiger partial charge in [-0.25, -0.2) is 0 Å². The van der Waals surface area contributed by atoms with E-state index in [-0.39, 0.29) is 0 Å². The van der Waals surface area contributed by atoms with Crippen LogP contribution in [0.25, 0.3) is 0 Å². The number of aliphatic carboxylic acids is 1. The fourth-order valence-electron chi connectivity index (χ4n) is 1.39. The van der Waals surface area contributed by atoms with Crippen LogP contribution in [0.3, 0.4) is 0 Å². The first kappa shape index (κ1) is 13.1. The minimum atomic E-state index is -0.698. The lowest BCUT2D eigenvalue weighted by atomic mass is 10.1. The molecule has 0 fully saturated rings. The molecule has 0 radical (unpaired) electrons. The van der Waals surface area contributed by atoms with E-state index in [4.69, 9.17) is 5.11 Å². The average Bonchev–Trinajstić information content (AvgIpc) is 2.15. The number of unbranched alkanes of at least 4 members (excludes halogenated alkanes) is 7. The van der Waals surface area contributed by atoms with E-state index in [9.17, 15) is 9.59 Å². The smallest absolute Gasteiger partial charge is 0.303 e. The molecule has 0 amide bonds. The predicted octanol–water partition coefficient (Wildman–Crippen LogP) is 2.78. The summed E-state index contributed by atoms with van der Waals surface area (Å²) in [6.45, 7) is 0. The van der Waals surface area contributed by atoms with E-state index < -0.39 is 5.97 Å². The van der Waals surface area contributed by atoms with Gasteiger partial charge in [0.25, 0.3) is 0 Å². The van der Waals surface area contributed by atoms with E-state index in [1.165, 1.54) is 12.8 Å². The van der Waals surface area contributed by atoms with Crippen molar-refractivity contribution in [1.82, 2.24) is 0 Å². The van der Waals surface area contributed by atoms with E-state index in [0.29, 0.717) is 12.8 Å². The Morgan fingerprint density at radius 2 is 1.43 bits per heavy atom. The lowest BCUT2D eigenvalue weighted by Gasteiger charge is -1.99. The Hall–Kier alpha value is -0.860. The predicted molar refractivity (Wildman–Crippen MR) is 55.3 cm³/mol. The van der Waals surface area contributed by atoms with Crippen molar-refractivity contribution in [2.24, 2.45) is 0 Å². The van der Waals surface area contributed by atoms with Crippen molar-refractivity contribution in [2.45, 2.75) is 57.8 Å². The van der Waals surface area contributed by atoms with E-state index in [0.717, 1.165) is 38.4 Å². The molecule has 3 nitrogen and oxygen atoms in total. The summed E-state index contributed by atoms with van der Waals surface area (Å²) in [7, 11) is 0. The van der Waals surface area contributed by atoms with Gasteiger partial charge in [-0.05, 0) is 12.8 Å². The number of aldehydes is 1. The maximum Gasteiger partial charge on any atom is 0.303 e. The summed E-state index contributed by atoms with van der Waals surface area (Å²) in [5, 5.41) is 8.38. The summed E-state index contributed by atoms with van der Waals surface area (Å²) in [5.41, 5.74) is 0. The molecule has 0 aliphatic rings. The monoisotopic (exact) mass is 200 g/mol. The Balaban J connectivity index is 2.92. The summed E-state index contributed by atoms with van der Waals surface area (Å²) in [4.78, 5) is 20.2. The number of carboxylic acids is 1. The van der Waals surface area contributed by atoms with Gasteiger partial charge in [-0.3, -0.25) is 4.79 Å². The number of carboxylic acid groups (broad SMARTS) is 1. The van der Waals surface area contributed by atoms with Crippen LogP contribution in [0.5, 0.6) is 0 Å². The summed E-state index contributed by atoms with van der Waals surface area (Å²) in [6, 6.07) is 0. The van der Waals surface area contributed by atoms with Gasteiger partial charge >= 0.3 is 5.97 Å². The van der Waals surface area contributed by atoms with Gasteiger partial charge in [0, 0.05) is 12.8 Å². The zero-order valence-electron chi connectivity index (χ0n) is 8.71. The van der Waals surface area contributed by atoms with Crippen LogP contribution < -0.4 is 0 Å². The van der Waals surface area contributed by atoms with Crippen LogP contribution >= 0.6 is 0 Å². The molecular formula is C11H20O3. The summed E-state index contributed by atoms with van der Waals surface area (Å²) in [6.07, 6.45) is 9.32. The Bertz CT molecular complexity index is 155. The zero-order valence-corrected chi connectivity index (χ0v) is 8.71. The summed E-state index contributed by atoms with van der Waals surface area (Å²) in [5.74, 6) is -0.698. The Kier molecular flexibility index (Phi) is 9.59. The van der Waals surface area contributed by atoms with Crippen molar-refractivity contribution in [1.29, 1.82) is 0 Å². The molecule has 0 saturated carbocycles. The van der Waals surface area contributed by atoms with Crippen molar-refractivity contribution in [3.8, 4) is 0 Å². The third-order valence-corrected chi connectivity index (χ3v) is 2.21. The second kappa shape index (κ2) is 10.2. The second-order valence-corrected chi connectivity index (χ2v) is 3.57. The molecular weight excluding hydrogens is 180 g/mol.